The number of hydrogen-bond donors (Lipinski definition) is 1. The highest BCUT2D eigenvalue weighted by Gasteiger charge is 2.24. The van der Waals surface area contributed by atoms with E-state index in [0.717, 1.165) is 42.8 Å². The molecule has 0 unspecified atom stereocenters. The Bertz CT molecular complexity index is 1030. The maximum absolute atomic E-state index is 11.9. The van der Waals surface area contributed by atoms with Crippen LogP contribution in [-0.4, -0.2) is 54.2 Å². The number of carbonyl (C=O) groups is 1. The summed E-state index contributed by atoms with van der Waals surface area (Å²) in [5.74, 6) is -0.415. The van der Waals surface area contributed by atoms with E-state index in [1.807, 2.05) is 55.5 Å². The molecule has 2 heterocycles. The molecule has 0 spiro atoms. The van der Waals surface area contributed by atoms with E-state index in [2.05, 4.69) is 21.8 Å². The number of anilines is 1. The Morgan fingerprint density at radius 2 is 1.79 bits per heavy atom. The van der Waals surface area contributed by atoms with Crippen LogP contribution < -0.4 is 9.64 Å². The lowest BCUT2D eigenvalue weighted by molar-refractivity contribution is 0.0690. The minimum Gasteiger partial charge on any atom is -0.487 e. The van der Waals surface area contributed by atoms with Crippen molar-refractivity contribution in [1.82, 2.24) is 9.88 Å². The fraction of sp³-hybridized carbons (Fsp3) is 0.304. The first-order valence-electron chi connectivity index (χ1n) is 9.81. The lowest BCUT2D eigenvalue weighted by atomic mass is 10.0. The molecule has 6 nitrogen and oxygen atoms in total. The van der Waals surface area contributed by atoms with E-state index < -0.39 is 5.97 Å². The standard InChI is InChI=1S/C23H25N3O3/c1-16-20(23(27)28)24-21-18(22(16)26-13-11-25(2)12-14-26)9-6-10-19(21)29-15-17-7-4-3-5-8-17/h3-10H,11-15H2,1-2H3,(H,27,28). The summed E-state index contributed by atoms with van der Waals surface area (Å²) >= 11 is 0. The number of likely N-dealkylation sites (N-methyl/N-ethyl adjacent to an activating group) is 1. The third kappa shape index (κ3) is 3.89. The zero-order valence-corrected chi connectivity index (χ0v) is 16.8. The predicted octanol–water partition coefficient (Wildman–Crippen LogP) is 3.57. The number of hydrogen-bond acceptors (Lipinski definition) is 5. The zero-order valence-electron chi connectivity index (χ0n) is 16.8. The highest BCUT2D eigenvalue weighted by Crippen LogP contribution is 2.36. The number of fused-ring (bicyclic) bond motifs is 1. The number of aromatic carboxylic acids is 1. The summed E-state index contributed by atoms with van der Waals surface area (Å²) in [7, 11) is 2.10. The molecule has 1 saturated heterocycles. The summed E-state index contributed by atoms with van der Waals surface area (Å²) in [5.41, 5.74) is 3.39. The monoisotopic (exact) mass is 391 g/mol. The van der Waals surface area contributed by atoms with E-state index in [1.165, 1.54) is 0 Å². The van der Waals surface area contributed by atoms with Gasteiger partial charge in [0.15, 0.2) is 5.69 Å². The van der Waals surface area contributed by atoms with Crippen molar-refractivity contribution in [3.05, 3.63) is 65.4 Å². The van der Waals surface area contributed by atoms with E-state index >= 15 is 0 Å². The molecule has 1 aliphatic heterocycles. The summed E-state index contributed by atoms with van der Waals surface area (Å²) in [5, 5.41) is 10.7. The molecule has 0 amide bonds. The van der Waals surface area contributed by atoms with Crippen LogP contribution in [0.15, 0.2) is 48.5 Å². The van der Waals surface area contributed by atoms with E-state index in [1.54, 1.807) is 0 Å². The third-order valence-electron chi connectivity index (χ3n) is 5.45. The lowest BCUT2D eigenvalue weighted by Crippen LogP contribution is -2.45. The molecule has 1 aromatic heterocycles. The second-order valence-corrected chi connectivity index (χ2v) is 7.46. The molecule has 2 aromatic carbocycles. The Hall–Kier alpha value is -3.12. The van der Waals surface area contributed by atoms with Crippen molar-refractivity contribution in [1.29, 1.82) is 0 Å². The quantitative estimate of drug-likeness (QED) is 0.717. The molecule has 0 bridgehead atoms. The van der Waals surface area contributed by atoms with Crippen LogP contribution in [0.5, 0.6) is 5.75 Å². The summed E-state index contributed by atoms with van der Waals surface area (Å²) in [6.07, 6.45) is 0. The van der Waals surface area contributed by atoms with E-state index in [0.29, 0.717) is 23.4 Å². The number of pyridine rings is 1. The van der Waals surface area contributed by atoms with Crippen molar-refractivity contribution in [2.45, 2.75) is 13.5 Å². The van der Waals surface area contributed by atoms with Crippen molar-refractivity contribution in [3.63, 3.8) is 0 Å². The smallest absolute Gasteiger partial charge is 0.354 e. The Morgan fingerprint density at radius 3 is 2.48 bits per heavy atom. The van der Waals surface area contributed by atoms with Crippen molar-refractivity contribution >= 4 is 22.6 Å². The molecular weight excluding hydrogens is 366 g/mol. The molecule has 3 aromatic rings. The number of carboxylic acids is 1. The number of piperazine rings is 1. The maximum atomic E-state index is 11.9. The van der Waals surface area contributed by atoms with Crippen LogP contribution in [0.25, 0.3) is 10.9 Å². The molecular formula is C23H25N3O3. The first-order valence-corrected chi connectivity index (χ1v) is 9.81. The summed E-state index contributed by atoms with van der Waals surface area (Å²) in [6.45, 7) is 5.84. The molecule has 29 heavy (non-hydrogen) atoms. The van der Waals surface area contributed by atoms with Crippen LogP contribution in [0.1, 0.15) is 21.6 Å². The number of nitrogens with zero attached hydrogens (tertiary/aromatic N) is 3. The summed E-state index contributed by atoms with van der Waals surface area (Å²) in [4.78, 5) is 21.0. The lowest BCUT2D eigenvalue weighted by Gasteiger charge is -2.35. The van der Waals surface area contributed by atoms with Gasteiger partial charge in [-0.3, -0.25) is 0 Å². The Morgan fingerprint density at radius 1 is 1.07 bits per heavy atom. The minimum atomic E-state index is -1.02. The van der Waals surface area contributed by atoms with Gasteiger partial charge in [0.1, 0.15) is 17.9 Å². The average Bonchev–Trinajstić information content (AvgIpc) is 2.73. The Labute approximate surface area is 170 Å². The topological polar surface area (TPSA) is 65.9 Å². The second kappa shape index (κ2) is 8.09. The SMILES string of the molecule is Cc1c(C(=O)O)nc2c(OCc3ccccc3)cccc2c1N1CCN(C)CC1. The number of rotatable bonds is 5. The Balaban J connectivity index is 1.79. The van der Waals surface area contributed by atoms with Crippen LogP contribution >= 0.6 is 0 Å². The van der Waals surface area contributed by atoms with Crippen molar-refractivity contribution in [2.75, 3.05) is 38.1 Å². The van der Waals surface area contributed by atoms with Gasteiger partial charge in [-0.25, -0.2) is 9.78 Å². The molecule has 0 aliphatic carbocycles. The van der Waals surface area contributed by atoms with Crippen LogP contribution in [0.4, 0.5) is 5.69 Å². The molecule has 1 fully saturated rings. The number of aromatic nitrogens is 1. The van der Waals surface area contributed by atoms with Crippen molar-refractivity contribution < 1.29 is 14.6 Å². The highest BCUT2D eigenvalue weighted by molar-refractivity contribution is 6.02. The molecule has 1 N–H and O–H groups in total. The fourth-order valence-electron chi connectivity index (χ4n) is 3.84. The van der Waals surface area contributed by atoms with Gasteiger partial charge < -0.3 is 19.6 Å². The van der Waals surface area contributed by atoms with Gasteiger partial charge in [-0.05, 0) is 25.6 Å². The van der Waals surface area contributed by atoms with Gasteiger partial charge in [0.25, 0.3) is 0 Å². The van der Waals surface area contributed by atoms with Crippen LogP contribution in [0.3, 0.4) is 0 Å². The first-order chi connectivity index (χ1) is 14.0. The molecule has 0 radical (unpaired) electrons. The number of ether oxygens (including phenoxy) is 1. The summed E-state index contributed by atoms with van der Waals surface area (Å²) < 4.78 is 6.06. The van der Waals surface area contributed by atoms with Gasteiger partial charge >= 0.3 is 5.97 Å². The first kappa shape index (κ1) is 19.2. The van der Waals surface area contributed by atoms with Gasteiger partial charge in [-0.1, -0.05) is 42.5 Å². The number of carboxylic acid groups (broad SMARTS) is 1. The largest absolute Gasteiger partial charge is 0.487 e. The zero-order chi connectivity index (χ0) is 20.4. The fourth-order valence-corrected chi connectivity index (χ4v) is 3.84. The molecule has 1 aliphatic rings. The van der Waals surface area contributed by atoms with Crippen molar-refractivity contribution in [2.24, 2.45) is 0 Å². The molecule has 150 valence electrons. The third-order valence-corrected chi connectivity index (χ3v) is 5.45. The van der Waals surface area contributed by atoms with Gasteiger partial charge in [0.2, 0.25) is 0 Å². The van der Waals surface area contributed by atoms with Gasteiger partial charge in [0.05, 0.1) is 5.69 Å². The van der Waals surface area contributed by atoms with Crippen LogP contribution in [0, 0.1) is 6.92 Å². The van der Waals surface area contributed by atoms with E-state index in [9.17, 15) is 9.90 Å². The van der Waals surface area contributed by atoms with Crippen molar-refractivity contribution in [3.8, 4) is 5.75 Å². The van der Waals surface area contributed by atoms with Gasteiger partial charge in [0, 0.05) is 37.1 Å². The maximum Gasteiger partial charge on any atom is 0.354 e. The summed E-state index contributed by atoms with van der Waals surface area (Å²) in [6, 6.07) is 15.7. The van der Waals surface area contributed by atoms with Gasteiger partial charge in [-0.15, -0.1) is 0 Å². The van der Waals surface area contributed by atoms with Crippen LogP contribution in [0.2, 0.25) is 0 Å². The second-order valence-electron chi connectivity index (χ2n) is 7.46. The molecule has 4 rings (SSSR count). The number of para-hydroxylation sites is 1. The molecule has 0 atom stereocenters. The molecule has 6 heteroatoms. The normalized spacial score (nSPS) is 14.9. The number of benzene rings is 2. The Kier molecular flexibility index (Phi) is 5.36. The van der Waals surface area contributed by atoms with Gasteiger partial charge in [-0.2, -0.15) is 0 Å². The molecule has 0 saturated carbocycles. The highest BCUT2D eigenvalue weighted by atomic mass is 16.5. The van der Waals surface area contributed by atoms with E-state index in [4.69, 9.17) is 4.74 Å². The predicted molar refractivity (Wildman–Crippen MR) is 114 cm³/mol. The average molecular weight is 391 g/mol. The minimum absolute atomic E-state index is 0.0854. The van der Waals surface area contributed by atoms with Crippen LogP contribution in [-0.2, 0) is 6.61 Å². The van der Waals surface area contributed by atoms with E-state index in [-0.39, 0.29) is 5.69 Å².